The van der Waals surface area contributed by atoms with Gasteiger partial charge in [0, 0.05) is 0 Å². The SMILES string of the molecule is C/C=C(\C)CC1=C/C=c2/cc(F)cc/c2=C\C=C\1. The maximum Gasteiger partial charge on any atom is 0.123 e. The number of fused-ring (bicyclic) bond motifs is 1. The van der Waals surface area contributed by atoms with E-state index in [-0.39, 0.29) is 5.82 Å². The Labute approximate surface area is 107 Å². The van der Waals surface area contributed by atoms with Crippen LogP contribution >= 0.6 is 0 Å². The number of benzene rings is 1. The number of halogens is 1. The molecule has 92 valence electrons. The number of rotatable bonds is 2. The molecular weight excluding hydrogens is 223 g/mol. The molecule has 0 nitrogen and oxygen atoms in total. The lowest BCUT2D eigenvalue weighted by molar-refractivity contribution is 0.626. The minimum atomic E-state index is -0.192. The maximum absolute atomic E-state index is 13.2. The second-order valence-corrected chi connectivity index (χ2v) is 4.52. The highest BCUT2D eigenvalue weighted by molar-refractivity contribution is 5.51. The van der Waals surface area contributed by atoms with Crippen LogP contribution in [0.15, 0.2) is 53.6 Å². The van der Waals surface area contributed by atoms with Crippen molar-refractivity contribution in [3.05, 3.63) is 69.9 Å². The smallest absolute Gasteiger partial charge is 0.123 e. The van der Waals surface area contributed by atoms with Gasteiger partial charge in [-0.05, 0) is 48.4 Å². The van der Waals surface area contributed by atoms with Gasteiger partial charge in [-0.2, -0.15) is 0 Å². The van der Waals surface area contributed by atoms with Crippen molar-refractivity contribution in [1.82, 2.24) is 0 Å². The van der Waals surface area contributed by atoms with Crippen molar-refractivity contribution in [2.24, 2.45) is 0 Å². The number of hydrogen-bond donors (Lipinski definition) is 0. The molecule has 1 aliphatic rings. The molecule has 1 aromatic carbocycles. The molecule has 0 saturated carbocycles. The molecule has 0 saturated heterocycles. The largest absolute Gasteiger partial charge is 0.207 e. The van der Waals surface area contributed by atoms with E-state index in [1.165, 1.54) is 17.2 Å². The third-order valence-electron chi connectivity index (χ3n) is 3.09. The van der Waals surface area contributed by atoms with Crippen molar-refractivity contribution in [3.8, 4) is 0 Å². The van der Waals surface area contributed by atoms with Gasteiger partial charge >= 0.3 is 0 Å². The molecule has 1 aliphatic carbocycles. The van der Waals surface area contributed by atoms with Crippen molar-refractivity contribution < 1.29 is 4.39 Å². The van der Waals surface area contributed by atoms with E-state index < -0.39 is 0 Å². The van der Waals surface area contributed by atoms with Crippen LogP contribution in [0.25, 0.3) is 12.2 Å². The first kappa shape index (κ1) is 12.6. The maximum atomic E-state index is 13.2. The van der Waals surface area contributed by atoms with E-state index in [4.69, 9.17) is 0 Å². The van der Waals surface area contributed by atoms with E-state index in [1.54, 1.807) is 6.07 Å². The molecule has 0 aliphatic heterocycles. The molecule has 1 heteroatoms. The van der Waals surface area contributed by atoms with Gasteiger partial charge in [0.05, 0.1) is 0 Å². The summed E-state index contributed by atoms with van der Waals surface area (Å²) in [4.78, 5) is 0. The minimum absolute atomic E-state index is 0.192. The lowest BCUT2D eigenvalue weighted by Gasteiger charge is -2.02. The normalized spacial score (nSPS) is 23.3. The predicted octanol–water partition coefficient (Wildman–Crippen LogP) is 3.24. The molecule has 0 heterocycles. The molecule has 0 bridgehead atoms. The zero-order valence-corrected chi connectivity index (χ0v) is 10.8. The van der Waals surface area contributed by atoms with Gasteiger partial charge in [-0.1, -0.05) is 48.1 Å². The van der Waals surface area contributed by atoms with E-state index in [0.717, 1.165) is 16.9 Å². The van der Waals surface area contributed by atoms with Crippen LogP contribution in [0.2, 0.25) is 0 Å². The van der Waals surface area contributed by atoms with Gasteiger partial charge in [0.15, 0.2) is 0 Å². The summed E-state index contributed by atoms with van der Waals surface area (Å²) in [6.07, 6.45) is 13.2. The Kier molecular flexibility index (Phi) is 3.93. The van der Waals surface area contributed by atoms with E-state index in [2.05, 4.69) is 25.2 Å². The molecule has 18 heavy (non-hydrogen) atoms. The average Bonchev–Trinajstić information content (AvgIpc) is 2.34. The fraction of sp³-hybridized carbons (Fsp3) is 0.176. The van der Waals surface area contributed by atoms with Gasteiger partial charge < -0.3 is 0 Å². The Morgan fingerprint density at radius 2 is 2.00 bits per heavy atom. The van der Waals surface area contributed by atoms with E-state index in [0.29, 0.717) is 0 Å². The molecule has 0 N–H and O–H groups in total. The zero-order chi connectivity index (χ0) is 13.0. The minimum Gasteiger partial charge on any atom is -0.207 e. The average molecular weight is 240 g/mol. The zero-order valence-electron chi connectivity index (χ0n) is 10.8. The van der Waals surface area contributed by atoms with Crippen molar-refractivity contribution in [3.63, 3.8) is 0 Å². The van der Waals surface area contributed by atoms with E-state index in [9.17, 15) is 4.39 Å². The van der Waals surface area contributed by atoms with Crippen LogP contribution in [0, 0.1) is 5.82 Å². The number of hydrogen-bond acceptors (Lipinski definition) is 0. The van der Waals surface area contributed by atoms with Crippen LogP contribution in [-0.4, -0.2) is 0 Å². The van der Waals surface area contributed by atoms with Crippen LogP contribution in [0.1, 0.15) is 20.3 Å². The number of allylic oxidation sites excluding steroid dienone is 6. The van der Waals surface area contributed by atoms with Gasteiger partial charge in [0.25, 0.3) is 0 Å². The van der Waals surface area contributed by atoms with Crippen molar-refractivity contribution in [2.75, 3.05) is 0 Å². The summed E-state index contributed by atoms with van der Waals surface area (Å²) in [5, 5.41) is 1.97. The highest BCUT2D eigenvalue weighted by Crippen LogP contribution is 2.12. The van der Waals surface area contributed by atoms with Crippen LogP contribution in [0.4, 0.5) is 4.39 Å². The van der Waals surface area contributed by atoms with E-state index >= 15 is 0 Å². The predicted molar refractivity (Wildman–Crippen MR) is 75.9 cm³/mol. The molecule has 0 fully saturated rings. The van der Waals surface area contributed by atoms with Crippen molar-refractivity contribution in [2.45, 2.75) is 20.3 Å². The lowest BCUT2D eigenvalue weighted by Crippen LogP contribution is -2.24. The van der Waals surface area contributed by atoms with Crippen LogP contribution in [0.3, 0.4) is 0 Å². The Hall–Kier alpha value is -1.89. The van der Waals surface area contributed by atoms with Gasteiger partial charge in [0.2, 0.25) is 0 Å². The third-order valence-corrected chi connectivity index (χ3v) is 3.09. The first-order valence-electron chi connectivity index (χ1n) is 6.15. The van der Waals surface area contributed by atoms with Gasteiger partial charge in [-0.15, -0.1) is 0 Å². The Bertz CT molecular complexity index is 643. The third kappa shape index (κ3) is 3.07. The summed E-state index contributed by atoms with van der Waals surface area (Å²) in [7, 11) is 0. The fourth-order valence-corrected chi connectivity index (χ4v) is 1.91. The first-order valence-corrected chi connectivity index (χ1v) is 6.15. The molecule has 0 radical (unpaired) electrons. The molecule has 0 amide bonds. The molecular formula is C17H17F. The molecule has 1 aromatic rings. The molecule has 0 unspecified atom stereocenters. The Morgan fingerprint density at radius 3 is 2.78 bits per heavy atom. The van der Waals surface area contributed by atoms with Gasteiger partial charge in [-0.25, -0.2) is 4.39 Å². The fourth-order valence-electron chi connectivity index (χ4n) is 1.91. The lowest BCUT2D eigenvalue weighted by atomic mass is 10.0. The highest BCUT2D eigenvalue weighted by Gasteiger charge is 1.96. The molecule has 0 aromatic heterocycles. The summed E-state index contributed by atoms with van der Waals surface area (Å²) < 4.78 is 13.2. The van der Waals surface area contributed by atoms with Gasteiger partial charge in [-0.3, -0.25) is 0 Å². The van der Waals surface area contributed by atoms with Crippen LogP contribution in [-0.2, 0) is 0 Å². The summed E-state index contributed by atoms with van der Waals surface area (Å²) in [5.41, 5.74) is 2.57. The summed E-state index contributed by atoms with van der Waals surface area (Å²) in [6, 6.07) is 4.87. The quantitative estimate of drug-likeness (QED) is 0.696. The molecule has 0 atom stereocenters. The van der Waals surface area contributed by atoms with E-state index in [1.807, 2.05) is 31.2 Å². The Balaban J connectivity index is 2.45. The monoisotopic (exact) mass is 240 g/mol. The second-order valence-electron chi connectivity index (χ2n) is 4.52. The first-order chi connectivity index (χ1) is 8.69. The molecule has 0 spiro atoms. The van der Waals surface area contributed by atoms with Gasteiger partial charge in [0.1, 0.15) is 5.82 Å². The van der Waals surface area contributed by atoms with Crippen LogP contribution in [0.5, 0.6) is 0 Å². The standard InChI is InChI=1S/C17H17F/c1-3-13(2)11-14-5-4-6-15-9-10-17(18)12-16(15)8-7-14/h3-10,12H,11H2,1-2H3/b5-4+,6-4?,8-7?,13-3+,14-5?,14-7+,15-6+,16-8-. The topological polar surface area (TPSA) is 0 Å². The molecule has 2 rings (SSSR count). The van der Waals surface area contributed by atoms with Crippen molar-refractivity contribution >= 4 is 12.2 Å². The summed E-state index contributed by atoms with van der Waals surface area (Å²) in [5.74, 6) is -0.192. The summed E-state index contributed by atoms with van der Waals surface area (Å²) >= 11 is 0. The highest BCUT2D eigenvalue weighted by atomic mass is 19.1. The van der Waals surface area contributed by atoms with Crippen LogP contribution < -0.4 is 10.4 Å². The summed E-state index contributed by atoms with van der Waals surface area (Å²) in [6.45, 7) is 4.16. The van der Waals surface area contributed by atoms with Crippen molar-refractivity contribution in [1.29, 1.82) is 0 Å². The second kappa shape index (κ2) is 5.63. The Morgan fingerprint density at radius 1 is 1.17 bits per heavy atom.